The summed E-state index contributed by atoms with van der Waals surface area (Å²) < 4.78 is 0. The largest absolute Gasteiger partial charge is 0.371 e. The molecule has 1 aliphatic rings. The van der Waals surface area contributed by atoms with E-state index in [1.54, 1.807) is 31.3 Å². The highest BCUT2D eigenvalue weighted by atomic mass is 16.2. The van der Waals surface area contributed by atoms with Crippen molar-refractivity contribution in [1.29, 1.82) is 0 Å². The smallest absolute Gasteiger partial charge is 0.361 e. The maximum atomic E-state index is 11.8. The topological polar surface area (TPSA) is 103 Å². The van der Waals surface area contributed by atoms with E-state index in [2.05, 4.69) is 25.3 Å². The third-order valence-electron chi connectivity index (χ3n) is 2.09. The van der Waals surface area contributed by atoms with Gasteiger partial charge in [-0.15, -0.1) is 10.2 Å². The van der Waals surface area contributed by atoms with Gasteiger partial charge in [0.2, 0.25) is 5.71 Å². The second-order valence-corrected chi connectivity index (χ2v) is 3.25. The number of rotatable bonds is 2. The van der Waals surface area contributed by atoms with Crippen molar-refractivity contribution >= 4 is 28.9 Å². The lowest BCUT2D eigenvalue weighted by Gasteiger charge is -2.00. The molecule has 1 aromatic heterocycles. The van der Waals surface area contributed by atoms with Crippen LogP contribution in [-0.4, -0.2) is 32.8 Å². The second kappa shape index (κ2) is 4.46. The molecule has 0 aliphatic carbocycles. The Balaban J connectivity index is 2.16. The summed E-state index contributed by atoms with van der Waals surface area (Å²) in [5, 5.41) is 9.83. The molecule has 0 saturated heterocycles. The standard InChI is InChI=1S/C10H8N6O/c1-6-8(14-11)9(16-15-6)10(17)13-7-4-2-3-5-12-7/h2-5H,1H3,(H,12,13,17). The van der Waals surface area contributed by atoms with Gasteiger partial charge in [-0.25, -0.2) is 4.98 Å². The maximum absolute atomic E-state index is 11.8. The molecule has 0 atom stereocenters. The van der Waals surface area contributed by atoms with Crippen LogP contribution in [0.25, 0.3) is 5.53 Å². The van der Waals surface area contributed by atoms with Crippen LogP contribution in [-0.2, 0) is 4.79 Å². The molecule has 0 aromatic carbocycles. The quantitative estimate of drug-likeness (QED) is 0.589. The van der Waals surface area contributed by atoms with Crippen molar-refractivity contribution in [2.75, 3.05) is 5.32 Å². The highest BCUT2D eigenvalue weighted by Gasteiger charge is 2.32. The number of pyridine rings is 1. The molecule has 0 radical (unpaired) electrons. The average molecular weight is 228 g/mol. The number of aromatic nitrogens is 1. The third kappa shape index (κ3) is 2.14. The maximum Gasteiger partial charge on any atom is 0.371 e. The summed E-state index contributed by atoms with van der Waals surface area (Å²) in [5.74, 6) is -0.126. The first kappa shape index (κ1) is 10.8. The van der Waals surface area contributed by atoms with Gasteiger partial charge in [-0.05, 0) is 19.1 Å². The third-order valence-corrected chi connectivity index (χ3v) is 2.09. The van der Waals surface area contributed by atoms with E-state index < -0.39 is 5.91 Å². The molecular formula is C10H8N6O. The fourth-order valence-corrected chi connectivity index (χ4v) is 1.28. The minimum absolute atomic E-state index is 0.0318. The molecule has 17 heavy (non-hydrogen) atoms. The monoisotopic (exact) mass is 228 g/mol. The molecule has 1 aliphatic heterocycles. The molecule has 0 bridgehead atoms. The Morgan fingerprint density at radius 1 is 1.41 bits per heavy atom. The fourth-order valence-electron chi connectivity index (χ4n) is 1.28. The molecule has 84 valence electrons. The number of hydrogen-bond donors (Lipinski definition) is 1. The van der Waals surface area contributed by atoms with Crippen LogP contribution in [0.2, 0.25) is 0 Å². The van der Waals surface area contributed by atoms with Crippen molar-refractivity contribution in [2.45, 2.75) is 6.92 Å². The van der Waals surface area contributed by atoms with Crippen LogP contribution in [0.3, 0.4) is 0 Å². The molecule has 0 fully saturated rings. The normalized spacial score (nSPS) is 13.8. The van der Waals surface area contributed by atoms with Crippen molar-refractivity contribution in [3.63, 3.8) is 0 Å². The number of amides is 1. The molecule has 0 spiro atoms. The fraction of sp³-hybridized carbons (Fsp3) is 0.100. The second-order valence-electron chi connectivity index (χ2n) is 3.25. The van der Waals surface area contributed by atoms with E-state index in [9.17, 15) is 4.79 Å². The number of nitrogens with zero attached hydrogens (tertiary/aromatic N) is 5. The summed E-state index contributed by atoms with van der Waals surface area (Å²) in [7, 11) is 0. The van der Waals surface area contributed by atoms with Crippen molar-refractivity contribution in [3.05, 3.63) is 29.9 Å². The first-order chi connectivity index (χ1) is 8.22. The number of nitrogens with one attached hydrogen (secondary N) is 1. The van der Waals surface area contributed by atoms with Crippen molar-refractivity contribution in [2.24, 2.45) is 10.2 Å². The summed E-state index contributed by atoms with van der Waals surface area (Å²) in [6.07, 6.45) is 1.55. The van der Waals surface area contributed by atoms with Gasteiger partial charge in [-0.1, -0.05) is 6.07 Å². The Morgan fingerprint density at radius 2 is 2.24 bits per heavy atom. The minimum Gasteiger partial charge on any atom is -0.361 e. The molecule has 7 heteroatoms. The van der Waals surface area contributed by atoms with Crippen LogP contribution in [0.15, 0.2) is 34.6 Å². The van der Waals surface area contributed by atoms with Crippen LogP contribution < -0.4 is 5.32 Å². The van der Waals surface area contributed by atoms with E-state index in [-0.39, 0.29) is 11.4 Å². The van der Waals surface area contributed by atoms with Crippen LogP contribution in [0.1, 0.15) is 6.92 Å². The van der Waals surface area contributed by atoms with Crippen LogP contribution >= 0.6 is 0 Å². The van der Waals surface area contributed by atoms with Crippen LogP contribution in [0.4, 0.5) is 5.82 Å². The summed E-state index contributed by atoms with van der Waals surface area (Å²) in [6.45, 7) is 1.60. The Hall–Kier alpha value is -2.66. The van der Waals surface area contributed by atoms with Gasteiger partial charge in [0, 0.05) is 6.20 Å². The Kier molecular flexibility index (Phi) is 2.85. The van der Waals surface area contributed by atoms with Crippen LogP contribution in [0.5, 0.6) is 0 Å². The van der Waals surface area contributed by atoms with E-state index in [1.807, 2.05) is 0 Å². The minimum atomic E-state index is -0.517. The van der Waals surface area contributed by atoms with E-state index in [4.69, 9.17) is 5.53 Å². The van der Waals surface area contributed by atoms with Crippen molar-refractivity contribution in [1.82, 2.24) is 4.98 Å². The van der Waals surface area contributed by atoms with E-state index in [0.717, 1.165) is 0 Å². The zero-order chi connectivity index (χ0) is 12.3. The summed E-state index contributed by atoms with van der Waals surface area (Å²) >= 11 is 0. The van der Waals surface area contributed by atoms with Crippen LogP contribution in [0, 0.1) is 0 Å². The van der Waals surface area contributed by atoms with Gasteiger partial charge in [-0.3, -0.25) is 4.79 Å². The molecule has 0 unspecified atom stereocenters. The van der Waals surface area contributed by atoms with E-state index >= 15 is 0 Å². The SMILES string of the molecule is CC1=NN=C(C(=O)Nc2ccccn2)C1=[N+]=[N-]. The first-order valence-electron chi connectivity index (χ1n) is 4.80. The Bertz CT molecular complexity index is 568. The molecule has 2 rings (SSSR count). The van der Waals surface area contributed by atoms with Gasteiger partial charge in [0.1, 0.15) is 5.82 Å². The molecule has 7 nitrogen and oxygen atoms in total. The van der Waals surface area contributed by atoms with Crippen molar-refractivity contribution < 1.29 is 9.58 Å². The Labute approximate surface area is 96.5 Å². The van der Waals surface area contributed by atoms with Gasteiger partial charge >= 0.3 is 5.71 Å². The van der Waals surface area contributed by atoms with Crippen molar-refractivity contribution in [3.8, 4) is 0 Å². The number of anilines is 1. The lowest BCUT2D eigenvalue weighted by Crippen LogP contribution is -2.31. The number of hydrogen-bond acceptors (Lipinski definition) is 4. The zero-order valence-electron chi connectivity index (χ0n) is 8.95. The van der Waals surface area contributed by atoms with E-state index in [0.29, 0.717) is 11.5 Å². The number of carbonyl (C=O) groups is 1. The molecule has 0 saturated carbocycles. The number of carbonyl (C=O) groups excluding carboxylic acids is 1. The lowest BCUT2D eigenvalue weighted by atomic mass is 10.1. The van der Waals surface area contributed by atoms with Gasteiger partial charge in [0.25, 0.3) is 5.91 Å². The summed E-state index contributed by atoms with van der Waals surface area (Å²) in [5.41, 5.74) is 9.18. The summed E-state index contributed by atoms with van der Waals surface area (Å²) in [6, 6.07) is 5.11. The van der Waals surface area contributed by atoms with Gasteiger partial charge in [0.05, 0.1) is 0 Å². The Morgan fingerprint density at radius 3 is 2.88 bits per heavy atom. The highest BCUT2D eigenvalue weighted by molar-refractivity contribution is 6.82. The molecule has 1 aromatic rings. The van der Waals surface area contributed by atoms with Gasteiger partial charge < -0.3 is 10.8 Å². The first-order valence-corrected chi connectivity index (χ1v) is 4.80. The lowest BCUT2D eigenvalue weighted by molar-refractivity contribution is -0.110. The summed E-state index contributed by atoms with van der Waals surface area (Å²) in [4.78, 5) is 18.7. The molecule has 2 heterocycles. The predicted molar refractivity (Wildman–Crippen MR) is 62.0 cm³/mol. The van der Waals surface area contributed by atoms with E-state index in [1.165, 1.54) is 0 Å². The zero-order valence-corrected chi connectivity index (χ0v) is 8.95. The van der Waals surface area contributed by atoms with Gasteiger partial charge in [0.15, 0.2) is 5.71 Å². The van der Waals surface area contributed by atoms with Gasteiger partial charge in [-0.2, -0.15) is 4.79 Å². The average Bonchev–Trinajstić information content (AvgIpc) is 2.71. The highest BCUT2D eigenvalue weighted by Crippen LogP contribution is 2.03. The predicted octanol–water partition coefficient (Wildman–Crippen LogP) is 0.521. The molecule has 1 N–H and O–H groups in total. The molecular weight excluding hydrogens is 220 g/mol. The molecule has 1 amide bonds.